The minimum Gasteiger partial charge on any atom is -0.379 e. The Bertz CT molecular complexity index is 237. The van der Waals surface area contributed by atoms with E-state index < -0.39 is 0 Å². The summed E-state index contributed by atoms with van der Waals surface area (Å²) in [6.45, 7) is 0. The molecule has 3 nitrogen and oxygen atoms in total. The lowest BCUT2D eigenvalue weighted by Crippen LogP contribution is -2.20. The molecule has 0 aliphatic carbocycles. The molecule has 1 atom stereocenters. The molecule has 0 amide bonds. The summed E-state index contributed by atoms with van der Waals surface area (Å²) in [7, 11) is 1.88. The highest BCUT2D eigenvalue weighted by Crippen LogP contribution is 2.18. The van der Waals surface area contributed by atoms with Gasteiger partial charge in [0.15, 0.2) is 0 Å². The van der Waals surface area contributed by atoms with Gasteiger partial charge in [0.05, 0.1) is 6.04 Å². The number of nitrogens with zero attached hydrogens (tertiary/aromatic N) is 1. The fourth-order valence-electron chi connectivity index (χ4n) is 1.22. The average Bonchev–Trinajstić information content (AvgIpc) is 2.44. The van der Waals surface area contributed by atoms with Gasteiger partial charge in [-0.25, -0.2) is 4.99 Å². The molecule has 0 bridgehead atoms. The summed E-state index contributed by atoms with van der Waals surface area (Å²) in [4.78, 5) is 4.17. The van der Waals surface area contributed by atoms with Gasteiger partial charge in [-0.1, -0.05) is 0 Å². The summed E-state index contributed by atoms with van der Waals surface area (Å²) in [6, 6.07) is 0.322. The van der Waals surface area contributed by atoms with Gasteiger partial charge in [-0.05, 0) is 12.3 Å². The van der Waals surface area contributed by atoms with E-state index in [9.17, 15) is 0 Å². The Morgan fingerprint density at radius 3 is 3.40 bits per heavy atom. The number of hydrogen-bond acceptors (Lipinski definition) is 3. The molecule has 2 N–H and O–H groups in total. The maximum Gasteiger partial charge on any atom is 0.131 e. The quantitative estimate of drug-likeness (QED) is 0.530. The van der Waals surface area contributed by atoms with E-state index in [0.717, 1.165) is 5.82 Å². The zero-order valence-corrected chi connectivity index (χ0v) is 5.76. The van der Waals surface area contributed by atoms with Crippen molar-refractivity contribution >= 4 is 6.21 Å². The first kappa shape index (κ1) is 5.53. The van der Waals surface area contributed by atoms with Crippen LogP contribution in [0.1, 0.15) is 0 Å². The van der Waals surface area contributed by atoms with Crippen LogP contribution in [0.3, 0.4) is 0 Å². The Morgan fingerprint density at radius 1 is 1.70 bits per heavy atom. The van der Waals surface area contributed by atoms with Crippen molar-refractivity contribution in [2.24, 2.45) is 4.99 Å². The van der Waals surface area contributed by atoms with Crippen LogP contribution in [-0.2, 0) is 0 Å². The second-order valence-corrected chi connectivity index (χ2v) is 2.31. The molecule has 0 fully saturated rings. The molecule has 3 heteroatoms. The third kappa shape index (κ3) is 0.572. The highest BCUT2D eigenvalue weighted by Gasteiger charge is 2.21. The second kappa shape index (κ2) is 1.87. The smallest absolute Gasteiger partial charge is 0.131 e. The first-order valence-corrected chi connectivity index (χ1v) is 3.30. The molecule has 0 saturated carbocycles. The summed E-state index contributed by atoms with van der Waals surface area (Å²) >= 11 is 0. The largest absolute Gasteiger partial charge is 0.379 e. The lowest BCUT2D eigenvalue weighted by Gasteiger charge is -2.01. The molecular weight excluding hydrogens is 126 g/mol. The van der Waals surface area contributed by atoms with Gasteiger partial charge in [0, 0.05) is 18.8 Å². The molecule has 0 aromatic heterocycles. The van der Waals surface area contributed by atoms with Gasteiger partial charge in [-0.3, -0.25) is 0 Å². The molecule has 0 aromatic rings. The van der Waals surface area contributed by atoms with E-state index in [0.29, 0.717) is 6.04 Å². The summed E-state index contributed by atoms with van der Waals surface area (Å²) in [6.07, 6.45) is 5.90. The first-order chi connectivity index (χ1) is 4.92. The lowest BCUT2D eigenvalue weighted by molar-refractivity contribution is 0.894. The fourth-order valence-corrected chi connectivity index (χ4v) is 1.22. The van der Waals surface area contributed by atoms with Crippen molar-refractivity contribution in [3.05, 3.63) is 23.7 Å². The molecule has 0 spiro atoms. The van der Waals surface area contributed by atoms with Crippen LogP contribution >= 0.6 is 0 Å². The molecule has 2 aliphatic heterocycles. The lowest BCUT2D eigenvalue weighted by atomic mass is 10.2. The van der Waals surface area contributed by atoms with E-state index in [1.165, 1.54) is 5.57 Å². The number of aliphatic imine (C=N–C) groups is 1. The highest BCUT2D eigenvalue weighted by atomic mass is 15.1. The highest BCUT2D eigenvalue weighted by molar-refractivity contribution is 5.77. The van der Waals surface area contributed by atoms with Crippen molar-refractivity contribution in [2.75, 3.05) is 7.05 Å². The van der Waals surface area contributed by atoms with Gasteiger partial charge in [-0.2, -0.15) is 0 Å². The number of nitrogens with one attached hydrogen (secondary N) is 2. The third-order valence-corrected chi connectivity index (χ3v) is 1.74. The predicted octanol–water partition coefficient (Wildman–Crippen LogP) is -0.0127. The Hall–Kier alpha value is -1.25. The van der Waals surface area contributed by atoms with Crippen molar-refractivity contribution in [1.82, 2.24) is 10.6 Å². The van der Waals surface area contributed by atoms with Gasteiger partial charge in [0.1, 0.15) is 5.82 Å². The molecular formula is C7H9N3. The van der Waals surface area contributed by atoms with Crippen LogP contribution in [0.2, 0.25) is 0 Å². The topological polar surface area (TPSA) is 36.4 Å². The molecule has 2 aliphatic rings. The van der Waals surface area contributed by atoms with E-state index >= 15 is 0 Å². The van der Waals surface area contributed by atoms with Crippen molar-refractivity contribution in [1.29, 1.82) is 0 Å². The van der Waals surface area contributed by atoms with Gasteiger partial charge in [0.25, 0.3) is 0 Å². The minimum atomic E-state index is 0.322. The van der Waals surface area contributed by atoms with Crippen molar-refractivity contribution in [3.8, 4) is 0 Å². The zero-order valence-electron chi connectivity index (χ0n) is 5.76. The van der Waals surface area contributed by atoms with E-state index in [1.807, 2.05) is 25.5 Å². The Balaban J connectivity index is 2.37. The second-order valence-electron chi connectivity index (χ2n) is 2.31. The van der Waals surface area contributed by atoms with Crippen LogP contribution in [0.4, 0.5) is 0 Å². The molecule has 2 rings (SSSR count). The monoisotopic (exact) mass is 135 g/mol. The van der Waals surface area contributed by atoms with Crippen LogP contribution in [0.5, 0.6) is 0 Å². The zero-order chi connectivity index (χ0) is 6.97. The van der Waals surface area contributed by atoms with Crippen molar-refractivity contribution < 1.29 is 0 Å². The number of hydrogen-bond donors (Lipinski definition) is 2. The summed E-state index contributed by atoms with van der Waals surface area (Å²) in [5.74, 6) is 0.978. The third-order valence-electron chi connectivity index (χ3n) is 1.74. The Kier molecular flexibility index (Phi) is 1.03. The van der Waals surface area contributed by atoms with Crippen LogP contribution < -0.4 is 10.6 Å². The van der Waals surface area contributed by atoms with Crippen molar-refractivity contribution in [3.63, 3.8) is 0 Å². The summed E-state index contributed by atoms with van der Waals surface area (Å²) in [5.41, 5.74) is 1.24. The molecule has 10 heavy (non-hydrogen) atoms. The minimum absolute atomic E-state index is 0.322. The molecule has 0 radical (unpaired) electrons. The molecule has 2 heterocycles. The summed E-state index contributed by atoms with van der Waals surface area (Å²) in [5, 5.41) is 6.18. The van der Waals surface area contributed by atoms with Crippen LogP contribution in [0, 0.1) is 0 Å². The first-order valence-electron chi connectivity index (χ1n) is 3.30. The van der Waals surface area contributed by atoms with E-state index in [2.05, 4.69) is 15.6 Å². The maximum absolute atomic E-state index is 4.17. The molecule has 52 valence electrons. The van der Waals surface area contributed by atoms with Crippen LogP contribution in [0.15, 0.2) is 28.7 Å². The Morgan fingerprint density at radius 2 is 2.60 bits per heavy atom. The number of fused-ring (bicyclic) bond motifs is 1. The van der Waals surface area contributed by atoms with E-state index in [1.54, 1.807) is 0 Å². The standard InChI is InChI=1S/C7H9N3/c1-8-7-5-2-3-9-6(5)4-10-7/h2-4,6,8-9H,1H3/t6-/m1/s1. The SMILES string of the molecule is CNC1=C2C=CN[C@@H]2C=N1. The average molecular weight is 135 g/mol. The molecule has 0 saturated heterocycles. The van der Waals surface area contributed by atoms with Crippen LogP contribution in [-0.4, -0.2) is 19.3 Å². The predicted molar refractivity (Wildman–Crippen MR) is 40.6 cm³/mol. The number of rotatable bonds is 1. The van der Waals surface area contributed by atoms with Gasteiger partial charge < -0.3 is 10.6 Å². The van der Waals surface area contributed by atoms with E-state index in [-0.39, 0.29) is 0 Å². The van der Waals surface area contributed by atoms with Crippen molar-refractivity contribution in [2.45, 2.75) is 6.04 Å². The van der Waals surface area contributed by atoms with Gasteiger partial charge in [-0.15, -0.1) is 0 Å². The molecule has 0 unspecified atom stereocenters. The van der Waals surface area contributed by atoms with Crippen LogP contribution in [0.25, 0.3) is 0 Å². The Labute approximate surface area is 59.5 Å². The maximum atomic E-state index is 4.17. The normalized spacial score (nSPS) is 27.1. The van der Waals surface area contributed by atoms with Gasteiger partial charge >= 0.3 is 0 Å². The van der Waals surface area contributed by atoms with E-state index in [4.69, 9.17) is 0 Å². The summed E-state index contributed by atoms with van der Waals surface area (Å²) < 4.78 is 0. The molecule has 0 aromatic carbocycles. The fraction of sp³-hybridized carbons (Fsp3) is 0.286. The van der Waals surface area contributed by atoms with Gasteiger partial charge in [0.2, 0.25) is 0 Å².